The third kappa shape index (κ3) is 16.7. The van der Waals surface area contributed by atoms with Crippen molar-refractivity contribution in [3.8, 4) is 12.3 Å². The first kappa shape index (κ1) is 37.2. The van der Waals surface area contributed by atoms with Crippen molar-refractivity contribution in [2.24, 2.45) is 0 Å². The minimum Gasteiger partial charge on any atom is -0.375 e. The first-order valence-electron chi connectivity index (χ1n) is 12.8. The van der Waals surface area contributed by atoms with E-state index in [0.717, 1.165) is 31.3 Å². The standard InChI is InChI=1S/C21H34FN5O3.C4H11N.C3H4/c1-6-9-23-20-13-26(10-11-30-15-18(7-2)19(22)8-3)17(4)12-27(20)21(29)14-25(5)24-16-28;1-3-4-5-2;1-3-2/h7-8,16,20,23H,2-4,6,9-15H2,1,5H3,(H,24,28);5H,3-4H2,1-2H3;1H,2H3/b19-18-;;. The van der Waals surface area contributed by atoms with E-state index in [1.165, 1.54) is 17.5 Å². The maximum Gasteiger partial charge on any atom is 0.240 e. The number of piperazine rings is 1. The smallest absolute Gasteiger partial charge is 0.240 e. The summed E-state index contributed by atoms with van der Waals surface area (Å²) in [6, 6.07) is 0. The lowest BCUT2D eigenvalue weighted by Gasteiger charge is -2.44. The Bertz CT molecular complexity index is 779. The Balaban J connectivity index is 0. The molecule has 1 unspecified atom stereocenters. The van der Waals surface area contributed by atoms with E-state index in [-0.39, 0.29) is 25.2 Å². The van der Waals surface area contributed by atoms with Gasteiger partial charge in [-0.1, -0.05) is 39.7 Å². The number of hydrazine groups is 1. The van der Waals surface area contributed by atoms with Crippen molar-refractivity contribution in [2.75, 3.05) is 66.6 Å². The number of hydrogen-bond donors (Lipinski definition) is 3. The van der Waals surface area contributed by atoms with Crippen LogP contribution in [0.2, 0.25) is 0 Å². The van der Waals surface area contributed by atoms with E-state index < -0.39 is 5.83 Å². The van der Waals surface area contributed by atoms with E-state index in [1.807, 2.05) is 7.05 Å². The Morgan fingerprint density at radius 3 is 2.39 bits per heavy atom. The summed E-state index contributed by atoms with van der Waals surface area (Å²) in [5.74, 6) is 1.69. The fourth-order valence-electron chi connectivity index (χ4n) is 3.23. The van der Waals surface area contributed by atoms with Crippen LogP contribution in [-0.2, 0) is 14.3 Å². The number of nitrogens with one attached hydrogen (secondary N) is 3. The van der Waals surface area contributed by atoms with Crippen LogP contribution in [0, 0.1) is 12.3 Å². The SMILES string of the molecule is C#CC.C=C/C(F)=C(\C=C)COCCN1CC(NCCC)N(C(=O)CN(C)NC=O)CC1=C.CCCNC. The number of hydrogen-bond acceptors (Lipinski definition) is 7. The van der Waals surface area contributed by atoms with Crippen molar-refractivity contribution in [3.63, 3.8) is 0 Å². The second kappa shape index (κ2) is 24.4. The molecule has 1 fully saturated rings. The minimum atomic E-state index is -0.445. The second-order valence-corrected chi connectivity index (χ2v) is 8.33. The lowest BCUT2D eigenvalue weighted by atomic mass is 10.2. The highest BCUT2D eigenvalue weighted by molar-refractivity contribution is 5.79. The number of rotatable bonds is 16. The molecule has 1 aliphatic heterocycles. The normalized spacial score (nSPS) is 15.2. The van der Waals surface area contributed by atoms with Crippen molar-refractivity contribution in [1.29, 1.82) is 0 Å². The largest absolute Gasteiger partial charge is 0.375 e. The van der Waals surface area contributed by atoms with Crippen LogP contribution in [0.5, 0.6) is 0 Å². The minimum absolute atomic E-state index is 0.0605. The predicted octanol–water partition coefficient (Wildman–Crippen LogP) is 2.43. The molecule has 0 aromatic rings. The molecule has 0 saturated carbocycles. The molecule has 0 radical (unpaired) electrons. The highest BCUT2D eigenvalue weighted by atomic mass is 19.1. The zero-order valence-corrected chi connectivity index (χ0v) is 24.0. The number of carbonyl (C=O) groups is 2. The molecular weight excluding hydrogens is 487 g/mol. The van der Waals surface area contributed by atoms with Gasteiger partial charge in [0, 0.05) is 24.9 Å². The average Bonchev–Trinajstić information content (AvgIpc) is 2.89. The molecule has 2 amide bonds. The summed E-state index contributed by atoms with van der Waals surface area (Å²) >= 11 is 0. The Hall–Kier alpha value is -2.97. The number of nitrogens with zero attached hydrogens (tertiary/aromatic N) is 3. The first-order chi connectivity index (χ1) is 18.2. The maximum absolute atomic E-state index is 13.6. The summed E-state index contributed by atoms with van der Waals surface area (Å²) in [6.45, 7) is 20.9. The van der Waals surface area contributed by atoms with Crippen molar-refractivity contribution in [3.05, 3.63) is 49.0 Å². The molecule has 0 spiro atoms. The van der Waals surface area contributed by atoms with Crippen molar-refractivity contribution < 1.29 is 18.7 Å². The van der Waals surface area contributed by atoms with Crippen LogP contribution in [0.1, 0.15) is 33.6 Å². The molecular formula is C28H49FN6O3. The Kier molecular flexibility index (Phi) is 23.8. The number of halogens is 1. The van der Waals surface area contributed by atoms with Crippen molar-refractivity contribution in [2.45, 2.75) is 39.8 Å². The van der Waals surface area contributed by atoms with E-state index in [2.05, 4.69) is 66.9 Å². The predicted molar refractivity (Wildman–Crippen MR) is 154 cm³/mol. The highest BCUT2D eigenvalue weighted by Crippen LogP contribution is 2.17. The van der Waals surface area contributed by atoms with E-state index in [9.17, 15) is 14.0 Å². The number of likely N-dealkylation sites (N-methyl/N-ethyl adjacent to an activating group) is 1. The number of ether oxygens (including phenoxy) is 1. The first-order valence-corrected chi connectivity index (χ1v) is 12.8. The molecule has 1 heterocycles. The molecule has 0 aliphatic carbocycles. The number of carbonyl (C=O) groups excluding carboxylic acids is 2. The lowest BCUT2D eigenvalue weighted by molar-refractivity contribution is -0.137. The van der Waals surface area contributed by atoms with E-state index >= 15 is 0 Å². The van der Waals surface area contributed by atoms with Gasteiger partial charge in [0.25, 0.3) is 0 Å². The highest BCUT2D eigenvalue weighted by Gasteiger charge is 2.31. The van der Waals surface area contributed by atoms with Crippen LogP contribution in [0.4, 0.5) is 4.39 Å². The third-order valence-electron chi connectivity index (χ3n) is 5.16. The lowest BCUT2D eigenvalue weighted by Crippen LogP contribution is -2.61. The van der Waals surface area contributed by atoms with Gasteiger partial charge >= 0.3 is 0 Å². The summed E-state index contributed by atoms with van der Waals surface area (Å²) in [4.78, 5) is 27.1. The monoisotopic (exact) mass is 536 g/mol. The van der Waals surface area contributed by atoms with Crippen LogP contribution in [0.25, 0.3) is 0 Å². The summed E-state index contributed by atoms with van der Waals surface area (Å²) in [5.41, 5.74) is 3.60. The maximum atomic E-state index is 13.6. The molecule has 216 valence electrons. The van der Waals surface area contributed by atoms with E-state index in [0.29, 0.717) is 38.2 Å². The summed E-state index contributed by atoms with van der Waals surface area (Å²) in [6.07, 6.45) is 9.66. The van der Waals surface area contributed by atoms with Gasteiger partial charge in [0.1, 0.15) is 12.0 Å². The van der Waals surface area contributed by atoms with Crippen LogP contribution in [0.3, 0.4) is 0 Å². The second-order valence-electron chi connectivity index (χ2n) is 8.33. The fourth-order valence-corrected chi connectivity index (χ4v) is 3.23. The van der Waals surface area contributed by atoms with Gasteiger partial charge in [-0.3, -0.25) is 20.3 Å². The molecule has 9 nitrogen and oxygen atoms in total. The number of terminal acetylenes is 1. The van der Waals surface area contributed by atoms with Gasteiger partial charge in [0.15, 0.2) is 0 Å². The zero-order chi connectivity index (χ0) is 29.3. The zero-order valence-electron chi connectivity index (χ0n) is 24.0. The van der Waals surface area contributed by atoms with Gasteiger partial charge < -0.3 is 19.9 Å². The van der Waals surface area contributed by atoms with Crippen LogP contribution in [0.15, 0.2) is 49.0 Å². The summed E-state index contributed by atoms with van der Waals surface area (Å²) in [5, 5.41) is 7.84. The molecule has 0 aromatic heterocycles. The van der Waals surface area contributed by atoms with Crippen LogP contribution >= 0.6 is 0 Å². The van der Waals surface area contributed by atoms with Gasteiger partial charge in [-0.25, -0.2) is 9.40 Å². The van der Waals surface area contributed by atoms with Crippen molar-refractivity contribution >= 4 is 12.3 Å². The van der Waals surface area contributed by atoms with E-state index in [1.54, 1.807) is 18.9 Å². The molecule has 1 atom stereocenters. The Morgan fingerprint density at radius 2 is 1.92 bits per heavy atom. The topological polar surface area (TPSA) is 89.2 Å². The number of amides is 2. The third-order valence-corrected chi connectivity index (χ3v) is 5.16. The molecule has 0 bridgehead atoms. The summed E-state index contributed by atoms with van der Waals surface area (Å²) < 4.78 is 19.2. The van der Waals surface area contributed by atoms with Crippen molar-refractivity contribution in [1.82, 2.24) is 30.9 Å². The number of allylic oxidation sites excluding steroid dienone is 2. The quantitative estimate of drug-likeness (QED) is 0.0918. The van der Waals surface area contributed by atoms with Gasteiger partial charge in [0.2, 0.25) is 12.3 Å². The Morgan fingerprint density at radius 1 is 1.29 bits per heavy atom. The molecule has 1 rings (SSSR count). The van der Waals surface area contributed by atoms with Gasteiger partial charge in [0.05, 0.1) is 32.8 Å². The molecule has 10 heteroatoms. The molecule has 1 aliphatic rings. The summed E-state index contributed by atoms with van der Waals surface area (Å²) in [7, 11) is 3.59. The Labute approximate surface area is 229 Å². The van der Waals surface area contributed by atoms with Gasteiger partial charge in [-0.05, 0) is 46.0 Å². The average molecular weight is 537 g/mol. The van der Waals surface area contributed by atoms with Gasteiger partial charge in [-0.2, -0.15) is 0 Å². The molecule has 0 aromatic carbocycles. The molecule has 1 saturated heterocycles. The fraction of sp³-hybridized carbons (Fsp3) is 0.571. The molecule has 38 heavy (non-hydrogen) atoms. The van der Waals surface area contributed by atoms with Crippen LogP contribution < -0.4 is 16.1 Å². The molecule has 3 N–H and O–H groups in total. The van der Waals surface area contributed by atoms with E-state index in [4.69, 9.17) is 4.74 Å². The van der Waals surface area contributed by atoms with Gasteiger partial charge in [-0.15, -0.1) is 12.3 Å². The van der Waals surface area contributed by atoms with Crippen LogP contribution in [-0.4, -0.2) is 99.9 Å².